The van der Waals surface area contributed by atoms with Crippen LogP contribution in [-0.4, -0.2) is 0 Å². The average molecular weight is 223 g/mol. The van der Waals surface area contributed by atoms with E-state index in [9.17, 15) is 0 Å². The van der Waals surface area contributed by atoms with Crippen LogP contribution in [0.15, 0.2) is 24.3 Å². The quantitative estimate of drug-likeness (QED) is 0.738. The molecule has 0 bridgehead atoms. The Labute approximate surface area is 103 Å². The number of nitrogens with two attached hydrogens (primary N) is 1. The molecule has 0 saturated heterocycles. The first kappa shape index (κ1) is 15.2. The molecule has 94 valence electrons. The molecule has 1 heteroatoms. The maximum Gasteiger partial charge on any atom is 0.0411 e. The van der Waals surface area contributed by atoms with Gasteiger partial charge in [0.05, 0.1) is 0 Å². The second-order valence-electron chi connectivity index (χ2n) is 4.23. The van der Waals surface area contributed by atoms with Crippen molar-refractivity contribution in [1.29, 1.82) is 0 Å². The molecule has 0 aromatic heterocycles. The lowest BCUT2D eigenvalue weighted by Crippen LogP contribution is -2.18. The molecule has 0 radical (unpaired) electrons. The fourth-order valence-electron chi connectivity index (χ4n) is 1.38. The van der Waals surface area contributed by atoms with Gasteiger partial charge in [0.25, 0.3) is 0 Å². The van der Waals surface area contributed by atoms with Crippen molar-refractivity contribution in [3.63, 3.8) is 0 Å². The highest BCUT2D eigenvalue weighted by Crippen LogP contribution is 2.42. The van der Waals surface area contributed by atoms with E-state index in [0.717, 1.165) is 12.8 Å². The Hall–Kier alpha value is -0.820. The van der Waals surface area contributed by atoms with Crippen LogP contribution in [0.3, 0.4) is 0 Å². The van der Waals surface area contributed by atoms with E-state index in [4.69, 9.17) is 5.73 Å². The molecule has 0 spiro atoms. The molecule has 0 amide bonds. The Morgan fingerprint density at radius 2 is 1.75 bits per heavy atom. The molecule has 1 nitrogen and oxygen atoms in total. The minimum atomic E-state index is 0. The van der Waals surface area contributed by atoms with Crippen molar-refractivity contribution in [1.82, 2.24) is 0 Å². The third kappa shape index (κ3) is 4.80. The first-order valence-corrected chi connectivity index (χ1v) is 6.48. The van der Waals surface area contributed by atoms with Gasteiger partial charge in [0.2, 0.25) is 0 Å². The van der Waals surface area contributed by atoms with Crippen molar-refractivity contribution in [2.45, 2.75) is 59.4 Å². The van der Waals surface area contributed by atoms with Gasteiger partial charge in [-0.15, -0.1) is 0 Å². The van der Waals surface area contributed by atoms with Crippen molar-refractivity contribution < 1.29 is 1.43 Å². The number of hydrogen-bond acceptors (Lipinski definition) is 1. The van der Waals surface area contributed by atoms with Gasteiger partial charge in [-0.25, -0.2) is 0 Å². The second-order valence-corrected chi connectivity index (χ2v) is 4.23. The second kappa shape index (κ2) is 7.45. The molecule has 1 aromatic rings. The Morgan fingerprint density at radius 3 is 2.12 bits per heavy atom. The highest BCUT2D eigenvalue weighted by atomic mass is 14.8. The van der Waals surface area contributed by atoms with Gasteiger partial charge >= 0.3 is 0 Å². The molecule has 1 fully saturated rings. The molecule has 2 rings (SSSR count). The van der Waals surface area contributed by atoms with Crippen molar-refractivity contribution in [2.24, 2.45) is 5.73 Å². The predicted molar refractivity (Wildman–Crippen MR) is 75.7 cm³/mol. The van der Waals surface area contributed by atoms with Crippen molar-refractivity contribution >= 4 is 0 Å². The van der Waals surface area contributed by atoms with Crippen LogP contribution in [0.4, 0.5) is 0 Å². The summed E-state index contributed by atoms with van der Waals surface area (Å²) in [4.78, 5) is 0. The lowest BCUT2D eigenvalue weighted by molar-refractivity contribution is 0.739. The van der Waals surface area contributed by atoms with E-state index in [1.165, 1.54) is 17.5 Å². The SMILES string of the molecule is CC.CCC.Cc1cccc(C2(N)CC2)c1.[HH]. The fraction of sp³-hybridized carbons (Fsp3) is 0.600. The summed E-state index contributed by atoms with van der Waals surface area (Å²) in [5, 5.41) is 0. The number of hydrogen-bond donors (Lipinski definition) is 1. The fourth-order valence-corrected chi connectivity index (χ4v) is 1.38. The van der Waals surface area contributed by atoms with Gasteiger partial charge in [-0.2, -0.15) is 0 Å². The Kier molecular flexibility index (Phi) is 7.07. The lowest BCUT2D eigenvalue weighted by atomic mass is 10.0. The van der Waals surface area contributed by atoms with E-state index in [0.29, 0.717) is 0 Å². The van der Waals surface area contributed by atoms with Crippen molar-refractivity contribution in [2.75, 3.05) is 0 Å². The maximum absolute atomic E-state index is 6.04. The van der Waals surface area contributed by atoms with Crippen molar-refractivity contribution in [3.05, 3.63) is 35.4 Å². The van der Waals surface area contributed by atoms with E-state index in [-0.39, 0.29) is 6.97 Å². The van der Waals surface area contributed by atoms with Crippen LogP contribution in [-0.2, 0) is 5.54 Å². The summed E-state index contributed by atoms with van der Waals surface area (Å²) in [5.41, 5.74) is 8.68. The van der Waals surface area contributed by atoms with E-state index < -0.39 is 0 Å². The van der Waals surface area contributed by atoms with Gasteiger partial charge in [0.15, 0.2) is 0 Å². The van der Waals surface area contributed by atoms with Crippen LogP contribution < -0.4 is 5.73 Å². The zero-order valence-corrected chi connectivity index (χ0v) is 11.5. The Morgan fingerprint density at radius 1 is 1.25 bits per heavy atom. The molecule has 0 atom stereocenters. The van der Waals surface area contributed by atoms with Gasteiger partial charge in [0, 0.05) is 6.97 Å². The molecule has 1 saturated carbocycles. The first-order valence-electron chi connectivity index (χ1n) is 6.48. The highest BCUT2D eigenvalue weighted by molar-refractivity contribution is 5.32. The van der Waals surface area contributed by atoms with Crippen LogP contribution in [0.2, 0.25) is 0 Å². The normalized spacial score (nSPS) is 15.1. The molecular formula is C15H29N. The van der Waals surface area contributed by atoms with Crippen LogP contribution in [0.25, 0.3) is 0 Å². The summed E-state index contributed by atoms with van der Waals surface area (Å²) in [7, 11) is 0. The summed E-state index contributed by atoms with van der Waals surface area (Å²) in [6, 6.07) is 8.50. The maximum atomic E-state index is 6.04. The Balaban J connectivity index is 0. The van der Waals surface area contributed by atoms with E-state index in [2.05, 4.69) is 45.0 Å². The molecule has 16 heavy (non-hydrogen) atoms. The van der Waals surface area contributed by atoms with Crippen molar-refractivity contribution in [3.8, 4) is 0 Å². The topological polar surface area (TPSA) is 26.0 Å². The summed E-state index contributed by atoms with van der Waals surface area (Å²) >= 11 is 0. The third-order valence-electron chi connectivity index (χ3n) is 2.38. The van der Waals surface area contributed by atoms with Gasteiger partial charge in [-0.3, -0.25) is 0 Å². The molecule has 2 N–H and O–H groups in total. The summed E-state index contributed by atoms with van der Waals surface area (Å²) in [5.74, 6) is 0. The molecule has 0 heterocycles. The Bertz CT molecular complexity index is 293. The summed E-state index contributed by atoms with van der Waals surface area (Å²) in [6.07, 6.45) is 3.55. The van der Waals surface area contributed by atoms with E-state index in [1.54, 1.807) is 0 Å². The molecule has 1 aliphatic carbocycles. The van der Waals surface area contributed by atoms with Gasteiger partial charge in [-0.05, 0) is 25.3 Å². The lowest BCUT2D eigenvalue weighted by Gasteiger charge is -2.08. The third-order valence-corrected chi connectivity index (χ3v) is 2.38. The average Bonchev–Trinajstić information content (AvgIpc) is 3.02. The van der Waals surface area contributed by atoms with Crippen LogP contribution >= 0.6 is 0 Å². The standard InChI is InChI=1S/C10H13N.C3H8.C2H6.H2/c1-8-3-2-4-9(7-8)10(11)5-6-10;1-3-2;1-2;/h2-4,7H,5-6,11H2,1H3;3H2,1-2H3;1-2H3;1H. The summed E-state index contributed by atoms with van der Waals surface area (Å²) in [6.45, 7) is 10.4. The summed E-state index contributed by atoms with van der Waals surface area (Å²) < 4.78 is 0. The minimum absolute atomic E-state index is 0. The monoisotopic (exact) mass is 223 g/mol. The number of rotatable bonds is 1. The molecule has 1 aromatic carbocycles. The largest absolute Gasteiger partial charge is 0.321 e. The molecule has 0 aliphatic heterocycles. The van der Waals surface area contributed by atoms with Crippen LogP contribution in [0, 0.1) is 6.92 Å². The van der Waals surface area contributed by atoms with E-state index >= 15 is 0 Å². The molecule has 1 aliphatic rings. The van der Waals surface area contributed by atoms with Gasteiger partial charge in [-0.1, -0.05) is 63.9 Å². The van der Waals surface area contributed by atoms with E-state index in [1.807, 2.05) is 13.8 Å². The smallest absolute Gasteiger partial charge is 0.0411 e. The molecular weight excluding hydrogens is 194 g/mol. The first-order chi connectivity index (χ1) is 7.62. The van der Waals surface area contributed by atoms with Gasteiger partial charge in [0.1, 0.15) is 0 Å². The zero-order valence-electron chi connectivity index (χ0n) is 11.5. The zero-order chi connectivity index (χ0) is 12.6. The molecule has 0 unspecified atom stereocenters. The number of benzene rings is 1. The number of aryl methyl sites for hydroxylation is 1. The van der Waals surface area contributed by atoms with Crippen LogP contribution in [0.5, 0.6) is 0 Å². The predicted octanol–water partition coefficient (Wildman–Crippen LogP) is 4.63. The van der Waals surface area contributed by atoms with Gasteiger partial charge < -0.3 is 5.73 Å². The van der Waals surface area contributed by atoms with Crippen LogP contribution in [0.1, 0.15) is 59.5 Å². The minimum Gasteiger partial charge on any atom is -0.321 e. The highest BCUT2D eigenvalue weighted by Gasteiger charge is 2.39.